The molecule has 0 aliphatic rings. The molecule has 118 valence electrons. The van der Waals surface area contributed by atoms with Crippen molar-refractivity contribution in [2.45, 2.75) is 89.7 Å². The number of hydrogen-bond acceptors (Lipinski definition) is 4. The van der Waals surface area contributed by atoms with Gasteiger partial charge >= 0.3 is 14.2 Å². The van der Waals surface area contributed by atoms with Crippen molar-refractivity contribution < 1.29 is 20.1 Å². The standard InChI is InChI=1S/C14H32B2O4/c17-15(18)13-11-9-7-5-3-1-2-4-6-8-10-12-14-16(19)20/h17-20H,1-14H2. The summed E-state index contributed by atoms with van der Waals surface area (Å²) < 4.78 is 0. The van der Waals surface area contributed by atoms with Crippen molar-refractivity contribution in [1.82, 2.24) is 0 Å². The Morgan fingerprint density at radius 1 is 0.350 bits per heavy atom. The van der Waals surface area contributed by atoms with E-state index in [9.17, 15) is 0 Å². The van der Waals surface area contributed by atoms with Gasteiger partial charge in [0, 0.05) is 0 Å². The van der Waals surface area contributed by atoms with Crippen LogP contribution in [0.5, 0.6) is 0 Å². The summed E-state index contributed by atoms with van der Waals surface area (Å²) in [4.78, 5) is 0. The molecule has 0 aliphatic carbocycles. The van der Waals surface area contributed by atoms with Gasteiger partial charge in [0.1, 0.15) is 0 Å². The second-order valence-electron chi connectivity index (χ2n) is 5.78. The van der Waals surface area contributed by atoms with Crippen LogP contribution in [0.2, 0.25) is 12.6 Å². The lowest BCUT2D eigenvalue weighted by Gasteiger charge is -2.03. The first-order valence-corrected chi connectivity index (χ1v) is 8.35. The van der Waals surface area contributed by atoms with Crippen LogP contribution in [0.25, 0.3) is 0 Å². The van der Waals surface area contributed by atoms with Crippen molar-refractivity contribution in [2.75, 3.05) is 0 Å². The van der Waals surface area contributed by atoms with Crippen molar-refractivity contribution >= 4 is 14.2 Å². The first-order valence-electron chi connectivity index (χ1n) is 8.35. The van der Waals surface area contributed by atoms with E-state index in [1.807, 2.05) is 0 Å². The SMILES string of the molecule is OB(O)CCCCCCCCCCCCCCB(O)O. The molecule has 4 nitrogen and oxygen atoms in total. The zero-order valence-electron chi connectivity index (χ0n) is 12.8. The molecule has 0 aromatic carbocycles. The van der Waals surface area contributed by atoms with Crippen molar-refractivity contribution in [2.24, 2.45) is 0 Å². The second kappa shape index (κ2) is 15.4. The highest BCUT2D eigenvalue weighted by Gasteiger charge is 2.05. The van der Waals surface area contributed by atoms with Gasteiger partial charge in [-0.3, -0.25) is 0 Å². The molecule has 0 aromatic rings. The van der Waals surface area contributed by atoms with E-state index < -0.39 is 14.2 Å². The van der Waals surface area contributed by atoms with Crippen molar-refractivity contribution in [1.29, 1.82) is 0 Å². The van der Waals surface area contributed by atoms with E-state index >= 15 is 0 Å². The van der Waals surface area contributed by atoms with Crippen LogP contribution in [0.15, 0.2) is 0 Å². The number of unbranched alkanes of at least 4 members (excludes halogenated alkanes) is 11. The minimum Gasteiger partial charge on any atom is -0.427 e. The van der Waals surface area contributed by atoms with Gasteiger partial charge in [-0.15, -0.1) is 0 Å². The first-order chi connectivity index (χ1) is 9.63. The summed E-state index contributed by atoms with van der Waals surface area (Å²) in [5, 5.41) is 34.7. The molecule has 0 rings (SSSR count). The van der Waals surface area contributed by atoms with Crippen molar-refractivity contribution in [3.8, 4) is 0 Å². The Morgan fingerprint density at radius 3 is 0.750 bits per heavy atom. The summed E-state index contributed by atoms with van der Waals surface area (Å²) in [6, 6.07) is 0. The van der Waals surface area contributed by atoms with Gasteiger partial charge in [0.15, 0.2) is 0 Å². The third-order valence-corrected chi connectivity index (χ3v) is 3.67. The lowest BCUT2D eigenvalue weighted by Crippen LogP contribution is -2.09. The Balaban J connectivity index is 2.96. The second-order valence-corrected chi connectivity index (χ2v) is 5.78. The minimum absolute atomic E-state index is 0.507. The van der Waals surface area contributed by atoms with Crippen LogP contribution in [0.3, 0.4) is 0 Å². The van der Waals surface area contributed by atoms with E-state index in [1.54, 1.807) is 0 Å². The molecular weight excluding hydrogens is 254 g/mol. The van der Waals surface area contributed by atoms with Gasteiger partial charge in [0.2, 0.25) is 0 Å². The average molecular weight is 286 g/mol. The Bertz CT molecular complexity index is 172. The molecule has 20 heavy (non-hydrogen) atoms. The third kappa shape index (κ3) is 18.0. The lowest BCUT2D eigenvalue weighted by atomic mass is 9.83. The molecule has 0 aliphatic heterocycles. The van der Waals surface area contributed by atoms with Gasteiger partial charge in [-0.05, 0) is 12.6 Å². The van der Waals surface area contributed by atoms with Crippen LogP contribution < -0.4 is 0 Å². The van der Waals surface area contributed by atoms with Crippen LogP contribution in [-0.4, -0.2) is 34.3 Å². The Labute approximate surface area is 124 Å². The van der Waals surface area contributed by atoms with Crippen LogP contribution in [0.1, 0.15) is 77.0 Å². The predicted octanol–water partition coefficient (Wildman–Crippen LogP) is 2.61. The molecule has 0 heterocycles. The van der Waals surface area contributed by atoms with Gasteiger partial charge in [-0.2, -0.15) is 0 Å². The van der Waals surface area contributed by atoms with Crippen LogP contribution in [-0.2, 0) is 0 Å². The molecule has 6 heteroatoms. The Hall–Kier alpha value is -0.0301. The summed E-state index contributed by atoms with van der Waals surface area (Å²) >= 11 is 0. The normalized spacial score (nSPS) is 10.8. The fraction of sp³-hybridized carbons (Fsp3) is 1.00. The molecule has 0 amide bonds. The van der Waals surface area contributed by atoms with Gasteiger partial charge in [0.05, 0.1) is 0 Å². The molecule has 4 N–H and O–H groups in total. The van der Waals surface area contributed by atoms with Crippen molar-refractivity contribution in [3.05, 3.63) is 0 Å². The summed E-state index contributed by atoms with van der Waals surface area (Å²) in [6.07, 6.45) is 15.2. The third-order valence-electron chi connectivity index (χ3n) is 3.67. The summed E-state index contributed by atoms with van der Waals surface area (Å²) in [7, 11) is -2.26. The zero-order chi connectivity index (χ0) is 15.1. The van der Waals surface area contributed by atoms with Gasteiger partial charge in [0.25, 0.3) is 0 Å². The van der Waals surface area contributed by atoms with E-state index in [2.05, 4.69) is 0 Å². The first kappa shape index (κ1) is 20.0. The number of rotatable bonds is 15. The molecule has 0 saturated carbocycles. The monoisotopic (exact) mass is 286 g/mol. The maximum Gasteiger partial charge on any atom is 0.451 e. The maximum absolute atomic E-state index is 8.69. The van der Waals surface area contributed by atoms with Gasteiger partial charge < -0.3 is 20.1 Å². The predicted molar refractivity (Wildman–Crippen MR) is 85.4 cm³/mol. The van der Waals surface area contributed by atoms with Crippen LogP contribution >= 0.6 is 0 Å². The molecule has 0 fully saturated rings. The van der Waals surface area contributed by atoms with E-state index in [4.69, 9.17) is 20.1 Å². The highest BCUT2D eigenvalue weighted by molar-refractivity contribution is 6.41. The highest BCUT2D eigenvalue weighted by Crippen LogP contribution is 2.13. The quantitative estimate of drug-likeness (QED) is 0.275. The fourth-order valence-corrected chi connectivity index (χ4v) is 2.42. The minimum atomic E-state index is -1.13. The van der Waals surface area contributed by atoms with E-state index in [0.717, 1.165) is 25.7 Å². The molecule has 0 unspecified atom stereocenters. The molecule has 0 aromatic heterocycles. The molecule has 0 saturated heterocycles. The topological polar surface area (TPSA) is 80.9 Å². The fourth-order valence-electron chi connectivity index (χ4n) is 2.42. The Kier molecular flexibility index (Phi) is 15.3. The van der Waals surface area contributed by atoms with E-state index in [0.29, 0.717) is 12.6 Å². The largest absolute Gasteiger partial charge is 0.451 e. The van der Waals surface area contributed by atoms with Gasteiger partial charge in [-0.1, -0.05) is 77.0 Å². The van der Waals surface area contributed by atoms with Crippen LogP contribution in [0.4, 0.5) is 0 Å². The summed E-state index contributed by atoms with van der Waals surface area (Å²) in [6.45, 7) is 0. The van der Waals surface area contributed by atoms with E-state index in [-0.39, 0.29) is 0 Å². The lowest BCUT2D eigenvalue weighted by molar-refractivity contribution is 0.399. The summed E-state index contributed by atoms with van der Waals surface area (Å²) in [5.41, 5.74) is 0. The maximum atomic E-state index is 8.69. The average Bonchev–Trinajstić information content (AvgIpc) is 2.38. The molecule has 0 atom stereocenters. The smallest absolute Gasteiger partial charge is 0.427 e. The molecule has 0 bridgehead atoms. The molecular formula is C14H32B2O4. The van der Waals surface area contributed by atoms with Crippen LogP contribution in [0, 0.1) is 0 Å². The molecule has 0 radical (unpaired) electrons. The van der Waals surface area contributed by atoms with Gasteiger partial charge in [-0.25, -0.2) is 0 Å². The number of hydrogen-bond donors (Lipinski definition) is 4. The summed E-state index contributed by atoms with van der Waals surface area (Å²) in [5.74, 6) is 0. The zero-order valence-corrected chi connectivity index (χ0v) is 12.8. The molecule has 0 spiro atoms. The Morgan fingerprint density at radius 2 is 0.550 bits per heavy atom. The van der Waals surface area contributed by atoms with Crippen molar-refractivity contribution in [3.63, 3.8) is 0 Å². The highest BCUT2D eigenvalue weighted by atomic mass is 16.4. The van der Waals surface area contributed by atoms with E-state index in [1.165, 1.54) is 51.4 Å².